The number of nitrogens with zero attached hydrogens (tertiary/aromatic N) is 4. The van der Waals surface area contributed by atoms with Crippen LogP contribution in [0.15, 0.2) is 30.3 Å². The minimum absolute atomic E-state index is 0.100. The summed E-state index contributed by atoms with van der Waals surface area (Å²) < 4.78 is 46.8. The van der Waals surface area contributed by atoms with E-state index in [1.807, 2.05) is 6.92 Å². The smallest absolute Gasteiger partial charge is 0.376 e. The van der Waals surface area contributed by atoms with Gasteiger partial charge in [-0.3, -0.25) is 4.79 Å². The summed E-state index contributed by atoms with van der Waals surface area (Å²) in [5.41, 5.74) is 0.529. The first-order chi connectivity index (χ1) is 13.8. The fourth-order valence-corrected chi connectivity index (χ4v) is 3.13. The van der Waals surface area contributed by atoms with Crippen molar-refractivity contribution in [1.82, 2.24) is 24.9 Å². The van der Waals surface area contributed by atoms with Crippen LogP contribution in [0.25, 0.3) is 17.0 Å². The summed E-state index contributed by atoms with van der Waals surface area (Å²) in [6.45, 7) is 2.76. The molecule has 1 aliphatic heterocycles. The van der Waals surface area contributed by atoms with Gasteiger partial charge in [-0.1, -0.05) is 29.8 Å². The fourth-order valence-electron chi connectivity index (χ4n) is 3.13. The Morgan fingerprint density at radius 2 is 2.03 bits per heavy atom. The maximum Gasteiger partial charge on any atom is 0.433 e. The Hall–Kier alpha value is -3.01. The first-order valence-corrected chi connectivity index (χ1v) is 9.13. The van der Waals surface area contributed by atoms with Crippen molar-refractivity contribution in [3.63, 3.8) is 0 Å². The van der Waals surface area contributed by atoms with Crippen LogP contribution in [0.5, 0.6) is 0 Å². The van der Waals surface area contributed by atoms with Crippen LogP contribution < -0.4 is 5.32 Å². The number of nitrogens with one attached hydrogen (secondary N) is 1. The summed E-state index contributed by atoms with van der Waals surface area (Å²) in [6.07, 6.45) is -3.07. The lowest BCUT2D eigenvalue weighted by Crippen LogP contribution is -2.32. The van der Waals surface area contributed by atoms with Gasteiger partial charge in [-0.15, -0.1) is 5.10 Å². The van der Waals surface area contributed by atoms with Crippen molar-refractivity contribution in [3.8, 4) is 11.3 Å². The predicted octanol–water partition coefficient (Wildman–Crippen LogP) is 3.03. The summed E-state index contributed by atoms with van der Waals surface area (Å²) in [5, 5.41) is 6.34. The highest BCUT2D eigenvalue weighted by Gasteiger charge is 2.36. The van der Waals surface area contributed by atoms with E-state index >= 15 is 0 Å². The molecule has 0 radical (unpaired) electrons. The molecule has 1 fully saturated rings. The third-order valence-electron chi connectivity index (χ3n) is 4.67. The van der Waals surface area contributed by atoms with Crippen LogP contribution in [0.2, 0.25) is 0 Å². The molecule has 0 saturated carbocycles. The zero-order chi connectivity index (χ0) is 20.6. The number of halogens is 3. The minimum atomic E-state index is -4.69. The molecule has 1 saturated heterocycles. The van der Waals surface area contributed by atoms with Crippen LogP contribution in [0.3, 0.4) is 0 Å². The molecular weight excluding hydrogens is 387 g/mol. The van der Waals surface area contributed by atoms with Crippen LogP contribution >= 0.6 is 0 Å². The molecule has 1 atom stereocenters. The van der Waals surface area contributed by atoms with Crippen LogP contribution in [-0.4, -0.2) is 44.7 Å². The number of carbonyl (C=O) groups excluding carboxylic acids is 1. The summed E-state index contributed by atoms with van der Waals surface area (Å²) in [5.74, 6) is -1.34. The van der Waals surface area contributed by atoms with Crippen molar-refractivity contribution in [1.29, 1.82) is 0 Å². The fraction of sp³-hybridized carbons (Fsp3) is 0.368. The van der Waals surface area contributed by atoms with E-state index in [4.69, 9.17) is 4.74 Å². The first kappa shape index (κ1) is 19.3. The molecule has 29 heavy (non-hydrogen) atoms. The van der Waals surface area contributed by atoms with E-state index in [9.17, 15) is 18.0 Å². The maximum atomic E-state index is 13.6. The Kier molecular flexibility index (Phi) is 4.95. The standard InChI is InChI=1S/C19H18F3N5O2/c1-11-4-6-12(7-5-11)14-9-15(19(20,21)22)27-18(24-14)25-16(26-27)17(28)23-10-13-3-2-8-29-13/h4-7,9,13H,2-3,8,10H2,1H3,(H,23,28)/t13-/m0/s1. The van der Waals surface area contributed by atoms with Gasteiger partial charge in [0.25, 0.3) is 11.7 Å². The van der Waals surface area contributed by atoms with Crippen molar-refractivity contribution in [2.24, 2.45) is 0 Å². The number of alkyl halides is 3. The van der Waals surface area contributed by atoms with Gasteiger partial charge in [-0.2, -0.15) is 22.7 Å². The van der Waals surface area contributed by atoms with Gasteiger partial charge < -0.3 is 10.1 Å². The van der Waals surface area contributed by atoms with E-state index in [2.05, 4.69) is 20.4 Å². The molecule has 1 aromatic carbocycles. The van der Waals surface area contributed by atoms with E-state index < -0.39 is 17.8 Å². The summed E-state index contributed by atoms with van der Waals surface area (Å²) in [7, 11) is 0. The third-order valence-corrected chi connectivity index (χ3v) is 4.67. The molecule has 4 rings (SSSR count). The number of benzene rings is 1. The number of ether oxygens (including phenoxy) is 1. The van der Waals surface area contributed by atoms with Crippen LogP contribution in [0, 0.1) is 6.92 Å². The normalized spacial score (nSPS) is 17.0. The quantitative estimate of drug-likeness (QED) is 0.722. The molecule has 0 aliphatic carbocycles. The second-order valence-electron chi connectivity index (χ2n) is 6.88. The van der Waals surface area contributed by atoms with Gasteiger partial charge in [-0.05, 0) is 25.8 Å². The van der Waals surface area contributed by atoms with Gasteiger partial charge in [0.15, 0.2) is 5.69 Å². The van der Waals surface area contributed by atoms with E-state index in [0.717, 1.165) is 24.5 Å². The maximum absolute atomic E-state index is 13.6. The topological polar surface area (TPSA) is 81.4 Å². The Morgan fingerprint density at radius 3 is 2.69 bits per heavy atom. The zero-order valence-electron chi connectivity index (χ0n) is 15.5. The average Bonchev–Trinajstić information content (AvgIpc) is 3.34. The molecule has 152 valence electrons. The number of fused-ring (bicyclic) bond motifs is 1. The molecule has 10 heteroatoms. The van der Waals surface area contributed by atoms with Crippen LogP contribution in [-0.2, 0) is 10.9 Å². The van der Waals surface area contributed by atoms with Gasteiger partial charge in [-0.25, -0.2) is 4.98 Å². The highest BCUT2D eigenvalue weighted by molar-refractivity contribution is 5.90. The van der Waals surface area contributed by atoms with E-state index in [1.165, 1.54) is 0 Å². The lowest BCUT2D eigenvalue weighted by molar-refractivity contribution is -0.142. The molecule has 2 aromatic heterocycles. The Bertz CT molecular complexity index is 1040. The van der Waals surface area contributed by atoms with Gasteiger partial charge in [0, 0.05) is 18.7 Å². The van der Waals surface area contributed by atoms with Crippen molar-refractivity contribution < 1.29 is 22.7 Å². The molecule has 3 aromatic rings. The van der Waals surface area contributed by atoms with E-state index in [0.29, 0.717) is 16.7 Å². The third kappa shape index (κ3) is 4.07. The summed E-state index contributed by atoms with van der Waals surface area (Å²) >= 11 is 0. The van der Waals surface area contributed by atoms with E-state index in [1.54, 1.807) is 24.3 Å². The monoisotopic (exact) mass is 405 g/mol. The largest absolute Gasteiger partial charge is 0.433 e. The Morgan fingerprint density at radius 1 is 1.28 bits per heavy atom. The van der Waals surface area contributed by atoms with Crippen molar-refractivity contribution in [3.05, 3.63) is 47.4 Å². The Balaban J connectivity index is 1.70. The molecule has 1 N–H and O–H groups in total. The highest BCUT2D eigenvalue weighted by Crippen LogP contribution is 2.32. The second kappa shape index (κ2) is 7.43. The average molecular weight is 405 g/mol. The number of carbonyl (C=O) groups is 1. The highest BCUT2D eigenvalue weighted by atomic mass is 19.4. The van der Waals surface area contributed by atoms with Crippen molar-refractivity contribution in [2.75, 3.05) is 13.2 Å². The van der Waals surface area contributed by atoms with Gasteiger partial charge >= 0.3 is 6.18 Å². The van der Waals surface area contributed by atoms with Gasteiger partial charge in [0.05, 0.1) is 11.8 Å². The van der Waals surface area contributed by atoms with Gasteiger partial charge in [0.1, 0.15) is 0 Å². The summed E-state index contributed by atoms with van der Waals surface area (Å²) in [4.78, 5) is 20.4. The molecule has 7 nitrogen and oxygen atoms in total. The number of hydrogen-bond donors (Lipinski definition) is 1. The van der Waals surface area contributed by atoms with Crippen LogP contribution in [0.4, 0.5) is 13.2 Å². The molecule has 1 aliphatic rings. The van der Waals surface area contributed by atoms with Crippen molar-refractivity contribution in [2.45, 2.75) is 32.0 Å². The number of aryl methyl sites for hydroxylation is 1. The molecular formula is C19H18F3N5O2. The zero-order valence-corrected chi connectivity index (χ0v) is 15.5. The van der Waals surface area contributed by atoms with E-state index in [-0.39, 0.29) is 29.9 Å². The predicted molar refractivity (Wildman–Crippen MR) is 97.3 cm³/mol. The minimum Gasteiger partial charge on any atom is -0.376 e. The second-order valence-corrected chi connectivity index (χ2v) is 6.88. The molecule has 1 amide bonds. The Labute approximate surface area is 163 Å². The SMILES string of the molecule is Cc1ccc(-c2cc(C(F)(F)F)n3nc(C(=O)NC[C@@H]4CCCO4)nc3n2)cc1. The lowest BCUT2D eigenvalue weighted by Gasteiger charge is -2.10. The number of amides is 1. The number of aromatic nitrogens is 4. The summed E-state index contributed by atoms with van der Waals surface area (Å²) in [6, 6.07) is 7.82. The molecule has 0 bridgehead atoms. The number of rotatable bonds is 4. The molecule has 3 heterocycles. The first-order valence-electron chi connectivity index (χ1n) is 9.13. The lowest BCUT2D eigenvalue weighted by atomic mass is 10.1. The van der Waals surface area contributed by atoms with Crippen LogP contribution in [0.1, 0.15) is 34.7 Å². The molecule has 0 unspecified atom stereocenters. The molecule has 0 spiro atoms. The van der Waals surface area contributed by atoms with Gasteiger partial charge in [0.2, 0.25) is 5.82 Å². The van der Waals surface area contributed by atoms with Crippen molar-refractivity contribution >= 4 is 11.7 Å². The number of hydrogen-bond acceptors (Lipinski definition) is 5.